The van der Waals surface area contributed by atoms with E-state index in [4.69, 9.17) is 17.7 Å². The maximum Gasteiger partial charge on any atom is 0.323 e. The molecule has 27 heavy (non-hydrogen) atoms. The highest BCUT2D eigenvalue weighted by Crippen LogP contribution is 2.23. The number of carbonyl (C=O) groups excluding carboxylic acids is 2. The van der Waals surface area contributed by atoms with Crippen LogP contribution in [0, 0.1) is 0 Å². The zero-order valence-corrected chi connectivity index (χ0v) is 23.3. The Morgan fingerprint density at radius 1 is 0.630 bits per heavy atom. The SMILES string of the molecule is C[Si](C)(C)OC(=O)CC(O[Si](C)(C)C)C(O[Si](C)(C)C)C(=O)O[Si](C)(C)C. The third-order valence-electron chi connectivity index (χ3n) is 2.75. The molecule has 0 bridgehead atoms. The minimum absolute atomic E-state index is 0.00944. The van der Waals surface area contributed by atoms with Crippen molar-refractivity contribution in [2.24, 2.45) is 0 Å². The van der Waals surface area contributed by atoms with E-state index >= 15 is 0 Å². The molecule has 6 nitrogen and oxygen atoms in total. The summed E-state index contributed by atoms with van der Waals surface area (Å²) in [6, 6.07) is 0. The number of rotatable bonds is 10. The molecule has 0 spiro atoms. The van der Waals surface area contributed by atoms with E-state index in [1.165, 1.54) is 0 Å². The van der Waals surface area contributed by atoms with Crippen LogP contribution in [-0.2, 0) is 27.3 Å². The molecule has 0 aromatic rings. The molecule has 0 saturated heterocycles. The molecule has 10 heteroatoms. The lowest BCUT2D eigenvalue weighted by Crippen LogP contribution is -2.51. The van der Waals surface area contributed by atoms with Gasteiger partial charge in [0.2, 0.25) is 16.6 Å². The fourth-order valence-corrected chi connectivity index (χ4v) is 5.84. The molecule has 0 fully saturated rings. The second-order valence-electron chi connectivity index (χ2n) is 10.7. The molecule has 0 rings (SSSR count). The molecule has 0 aromatic heterocycles. The molecule has 2 unspecified atom stereocenters. The van der Waals surface area contributed by atoms with E-state index in [1.54, 1.807) is 0 Å². The Hall–Kier alpha value is -0.272. The summed E-state index contributed by atoms with van der Waals surface area (Å²) in [6.07, 6.45) is -1.62. The summed E-state index contributed by atoms with van der Waals surface area (Å²) in [5.74, 6) is -0.775. The molecule has 0 amide bonds. The number of hydrogen-bond acceptors (Lipinski definition) is 6. The minimum atomic E-state index is -2.11. The van der Waals surface area contributed by atoms with Gasteiger partial charge in [0.05, 0.1) is 12.5 Å². The Morgan fingerprint density at radius 2 is 1.04 bits per heavy atom. The number of hydrogen-bond donors (Lipinski definition) is 0. The zero-order chi connectivity index (χ0) is 21.8. The Labute approximate surface area is 169 Å². The van der Waals surface area contributed by atoms with E-state index < -0.39 is 51.4 Å². The van der Waals surface area contributed by atoms with E-state index in [2.05, 4.69) is 0 Å². The smallest absolute Gasteiger partial charge is 0.323 e. The molecule has 0 N–H and O–H groups in total. The van der Waals surface area contributed by atoms with Gasteiger partial charge in [-0.05, 0) is 78.6 Å². The van der Waals surface area contributed by atoms with Gasteiger partial charge in [0.15, 0.2) is 22.7 Å². The van der Waals surface area contributed by atoms with Gasteiger partial charge in [0.1, 0.15) is 0 Å². The van der Waals surface area contributed by atoms with Gasteiger partial charge < -0.3 is 17.7 Å². The summed E-state index contributed by atoms with van der Waals surface area (Å²) in [5.41, 5.74) is 0. The average Bonchev–Trinajstić information content (AvgIpc) is 2.27. The molecule has 0 saturated carbocycles. The first-order valence-corrected chi connectivity index (χ1v) is 23.1. The summed E-state index contributed by atoms with van der Waals surface area (Å²) in [7, 11) is -8.27. The maximum atomic E-state index is 12.9. The van der Waals surface area contributed by atoms with Crippen molar-refractivity contribution in [3.05, 3.63) is 0 Å². The maximum absolute atomic E-state index is 12.9. The molecule has 2 atom stereocenters. The Kier molecular flexibility index (Phi) is 9.39. The third kappa shape index (κ3) is 14.4. The molecule has 0 aromatic carbocycles. The van der Waals surface area contributed by atoms with E-state index in [-0.39, 0.29) is 12.4 Å². The van der Waals surface area contributed by atoms with Crippen LogP contribution in [0.2, 0.25) is 78.6 Å². The van der Waals surface area contributed by atoms with E-state index in [0.29, 0.717) is 0 Å². The standard InChI is InChI=1S/C17H40O6Si4/c1-24(2,3)20-14(13-15(18)21-25(4,5)6)16(22-26(7,8)9)17(19)23-27(10,11)12/h14,16H,13H2,1-12H3. The van der Waals surface area contributed by atoms with E-state index in [0.717, 1.165) is 0 Å². The first-order chi connectivity index (χ1) is 11.7. The lowest BCUT2D eigenvalue weighted by molar-refractivity contribution is -0.150. The van der Waals surface area contributed by atoms with Crippen LogP contribution < -0.4 is 0 Å². The van der Waals surface area contributed by atoms with Crippen LogP contribution in [-0.4, -0.2) is 57.4 Å². The minimum Gasteiger partial charge on any atom is -0.520 e. The lowest BCUT2D eigenvalue weighted by Gasteiger charge is -2.36. The number of carbonyl (C=O) groups is 2. The van der Waals surface area contributed by atoms with Crippen molar-refractivity contribution in [3.8, 4) is 0 Å². The van der Waals surface area contributed by atoms with Crippen molar-refractivity contribution in [2.75, 3.05) is 0 Å². The monoisotopic (exact) mass is 452 g/mol. The van der Waals surface area contributed by atoms with Crippen LogP contribution in [0.5, 0.6) is 0 Å². The first kappa shape index (κ1) is 26.7. The fraction of sp³-hybridized carbons (Fsp3) is 0.882. The highest BCUT2D eigenvalue weighted by atomic mass is 28.4. The van der Waals surface area contributed by atoms with Gasteiger partial charge in [-0.25, -0.2) is 0 Å². The van der Waals surface area contributed by atoms with Crippen LogP contribution in [0.25, 0.3) is 0 Å². The van der Waals surface area contributed by atoms with Gasteiger partial charge in [-0.1, -0.05) is 0 Å². The third-order valence-corrected chi connectivity index (χ3v) is 6.37. The van der Waals surface area contributed by atoms with E-state index in [9.17, 15) is 9.59 Å². The van der Waals surface area contributed by atoms with Gasteiger partial charge in [0, 0.05) is 0 Å². The normalized spacial score (nSPS) is 15.9. The first-order valence-electron chi connectivity index (χ1n) is 9.49. The largest absolute Gasteiger partial charge is 0.520 e. The van der Waals surface area contributed by atoms with Crippen LogP contribution in [0.3, 0.4) is 0 Å². The van der Waals surface area contributed by atoms with Crippen LogP contribution in [0.4, 0.5) is 0 Å². The summed E-state index contributed by atoms with van der Waals surface area (Å²) >= 11 is 0. The fourth-order valence-electron chi connectivity index (χ4n) is 2.23. The van der Waals surface area contributed by atoms with Gasteiger partial charge >= 0.3 is 5.97 Å². The van der Waals surface area contributed by atoms with Crippen molar-refractivity contribution < 1.29 is 27.3 Å². The Bertz CT molecular complexity index is 511. The van der Waals surface area contributed by atoms with Crippen LogP contribution in [0.15, 0.2) is 0 Å². The van der Waals surface area contributed by atoms with Crippen molar-refractivity contribution in [3.63, 3.8) is 0 Å². The molecule has 0 aliphatic carbocycles. The topological polar surface area (TPSA) is 71.1 Å². The van der Waals surface area contributed by atoms with Crippen LogP contribution in [0.1, 0.15) is 6.42 Å². The Balaban J connectivity index is 5.73. The van der Waals surface area contributed by atoms with Crippen molar-refractivity contribution in [2.45, 2.75) is 97.2 Å². The van der Waals surface area contributed by atoms with Crippen molar-refractivity contribution in [1.82, 2.24) is 0 Å². The quantitative estimate of drug-likeness (QED) is 0.452. The van der Waals surface area contributed by atoms with Crippen molar-refractivity contribution >= 4 is 45.2 Å². The predicted molar refractivity (Wildman–Crippen MR) is 120 cm³/mol. The molecule has 160 valence electrons. The average molecular weight is 453 g/mol. The molecular weight excluding hydrogens is 413 g/mol. The summed E-state index contributed by atoms with van der Waals surface area (Å²) in [6.45, 7) is 23.8. The second kappa shape index (κ2) is 9.48. The highest BCUT2D eigenvalue weighted by Gasteiger charge is 2.41. The molecule has 0 heterocycles. The van der Waals surface area contributed by atoms with Crippen molar-refractivity contribution in [1.29, 1.82) is 0 Å². The van der Waals surface area contributed by atoms with Gasteiger partial charge in [0.25, 0.3) is 5.97 Å². The summed E-state index contributed by atoms with van der Waals surface area (Å²) < 4.78 is 23.7. The van der Waals surface area contributed by atoms with Crippen LogP contribution >= 0.6 is 0 Å². The van der Waals surface area contributed by atoms with E-state index in [1.807, 2.05) is 78.6 Å². The summed E-state index contributed by atoms with van der Waals surface area (Å²) in [5, 5.41) is 0. The van der Waals surface area contributed by atoms with Gasteiger partial charge in [-0.2, -0.15) is 0 Å². The zero-order valence-electron chi connectivity index (χ0n) is 19.3. The van der Waals surface area contributed by atoms with Gasteiger partial charge in [-0.3, -0.25) is 9.59 Å². The molecule has 0 aliphatic rings. The Morgan fingerprint density at radius 3 is 1.37 bits per heavy atom. The van der Waals surface area contributed by atoms with Gasteiger partial charge in [-0.15, -0.1) is 0 Å². The predicted octanol–water partition coefficient (Wildman–Crippen LogP) is 4.57. The highest BCUT2D eigenvalue weighted by molar-refractivity contribution is 6.72. The molecule has 0 aliphatic heterocycles. The lowest BCUT2D eigenvalue weighted by atomic mass is 10.1. The molecule has 0 radical (unpaired) electrons. The second-order valence-corrected chi connectivity index (χ2v) is 28.5. The summed E-state index contributed by atoms with van der Waals surface area (Å²) in [4.78, 5) is 25.4. The molecular formula is C17H40O6Si4.